The van der Waals surface area contributed by atoms with Crippen LogP contribution in [0.2, 0.25) is 0 Å². The number of rotatable bonds is 5. The van der Waals surface area contributed by atoms with Gasteiger partial charge in [-0.3, -0.25) is 4.79 Å². The molecule has 0 saturated heterocycles. The molecule has 1 unspecified atom stereocenters. The van der Waals surface area contributed by atoms with Gasteiger partial charge in [0.05, 0.1) is 37.6 Å². The van der Waals surface area contributed by atoms with Crippen LogP contribution in [0.4, 0.5) is 0 Å². The maximum Gasteiger partial charge on any atom is 0.240 e. The molecular weight excluding hydrogens is 412 g/mol. The molecule has 0 fully saturated rings. The first-order valence-electron chi connectivity index (χ1n) is 8.41. The number of carbonyl (C=O) groups is 1. The van der Waals surface area contributed by atoms with Crippen LogP contribution in [0, 0.1) is 0 Å². The highest BCUT2D eigenvalue weighted by atomic mass is 79.9. The van der Waals surface area contributed by atoms with Crippen LogP contribution >= 0.6 is 15.9 Å². The van der Waals surface area contributed by atoms with E-state index in [0.29, 0.717) is 17.9 Å². The summed E-state index contributed by atoms with van der Waals surface area (Å²) in [7, 11) is 4.81. The van der Waals surface area contributed by atoms with Crippen molar-refractivity contribution in [3.05, 3.63) is 52.0 Å². The molecule has 2 aromatic rings. The molecule has 0 N–H and O–H groups in total. The fraction of sp³-hybridized carbons (Fsp3) is 0.300. The number of hydrogen-bond acceptors (Lipinski definition) is 5. The molecule has 0 bridgehead atoms. The molecule has 0 spiro atoms. The Morgan fingerprint density at radius 3 is 2.37 bits per heavy atom. The molecule has 2 aromatic carbocycles. The molecule has 1 amide bonds. The maximum absolute atomic E-state index is 12.2. The van der Waals surface area contributed by atoms with E-state index in [1.807, 2.05) is 36.4 Å². The predicted octanol–water partition coefficient (Wildman–Crippen LogP) is 4.17. The number of carbonyl (C=O) groups excluding carboxylic acids is 1. The second-order valence-electron chi connectivity index (χ2n) is 6.10. The van der Waals surface area contributed by atoms with Gasteiger partial charge in [0.25, 0.3) is 0 Å². The molecule has 1 atom stereocenters. The highest BCUT2D eigenvalue weighted by Gasteiger charge is 2.32. The first-order chi connectivity index (χ1) is 13.0. The third-order valence-electron chi connectivity index (χ3n) is 4.50. The minimum atomic E-state index is -0.212. The summed E-state index contributed by atoms with van der Waals surface area (Å²) in [6.45, 7) is 1.52. The molecule has 142 valence electrons. The average Bonchev–Trinajstić information content (AvgIpc) is 3.13. The van der Waals surface area contributed by atoms with Crippen molar-refractivity contribution in [1.29, 1.82) is 0 Å². The Balaban J connectivity index is 1.97. The third-order valence-corrected chi connectivity index (χ3v) is 5.09. The first-order valence-corrected chi connectivity index (χ1v) is 9.21. The molecule has 6 nitrogen and oxygen atoms in total. The molecule has 7 heteroatoms. The monoisotopic (exact) mass is 432 g/mol. The molecule has 1 heterocycles. The quantitative estimate of drug-likeness (QED) is 0.710. The number of ether oxygens (including phenoxy) is 3. The summed E-state index contributed by atoms with van der Waals surface area (Å²) in [5.74, 6) is 1.88. The van der Waals surface area contributed by atoms with Crippen molar-refractivity contribution in [1.82, 2.24) is 5.01 Å². The van der Waals surface area contributed by atoms with Crippen LogP contribution in [-0.4, -0.2) is 38.0 Å². The Bertz CT molecular complexity index is 880. The van der Waals surface area contributed by atoms with E-state index in [0.717, 1.165) is 27.1 Å². The minimum absolute atomic E-state index is 0.116. The fourth-order valence-electron chi connectivity index (χ4n) is 3.15. The maximum atomic E-state index is 12.2. The Kier molecular flexibility index (Phi) is 5.70. The number of halogens is 1. The van der Waals surface area contributed by atoms with Gasteiger partial charge in [0.1, 0.15) is 5.75 Å². The van der Waals surface area contributed by atoms with Crippen molar-refractivity contribution >= 4 is 27.5 Å². The molecule has 1 aliphatic rings. The molecule has 0 saturated carbocycles. The molecule has 3 rings (SSSR count). The van der Waals surface area contributed by atoms with Crippen LogP contribution in [0.5, 0.6) is 17.2 Å². The number of nitrogens with zero attached hydrogens (tertiary/aromatic N) is 2. The summed E-state index contributed by atoms with van der Waals surface area (Å²) in [4.78, 5) is 12.2. The number of hydrazone groups is 1. The van der Waals surface area contributed by atoms with E-state index in [-0.39, 0.29) is 11.9 Å². The van der Waals surface area contributed by atoms with Crippen LogP contribution < -0.4 is 14.2 Å². The van der Waals surface area contributed by atoms with Gasteiger partial charge in [-0.15, -0.1) is 0 Å². The summed E-state index contributed by atoms with van der Waals surface area (Å²) < 4.78 is 16.8. The lowest BCUT2D eigenvalue weighted by Crippen LogP contribution is -2.24. The average molecular weight is 433 g/mol. The Morgan fingerprint density at radius 1 is 1.11 bits per heavy atom. The first kappa shape index (κ1) is 19.2. The second kappa shape index (κ2) is 8.00. The van der Waals surface area contributed by atoms with Crippen molar-refractivity contribution in [2.24, 2.45) is 5.10 Å². The van der Waals surface area contributed by atoms with Crippen molar-refractivity contribution < 1.29 is 19.0 Å². The molecular formula is C20H21BrN2O4. The molecule has 27 heavy (non-hydrogen) atoms. The van der Waals surface area contributed by atoms with Gasteiger partial charge < -0.3 is 14.2 Å². The largest absolute Gasteiger partial charge is 0.497 e. The SMILES string of the molecule is COc1ccc(C2=NN(C(C)=O)C(c3cc(Br)c(OC)c(OC)c3)C2)cc1. The van der Waals surface area contributed by atoms with Crippen LogP contribution in [-0.2, 0) is 4.79 Å². The van der Waals surface area contributed by atoms with Crippen molar-refractivity contribution in [2.45, 2.75) is 19.4 Å². The van der Waals surface area contributed by atoms with Gasteiger partial charge in [-0.1, -0.05) is 0 Å². The van der Waals surface area contributed by atoms with Crippen LogP contribution in [0.15, 0.2) is 46.0 Å². The van der Waals surface area contributed by atoms with Gasteiger partial charge in [-0.05, 0) is 63.5 Å². The Hall–Kier alpha value is -2.54. The summed E-state index contributed by atoms with van der Waals surface area (Å²) in [6, 6.07) is 11.3. The smallest absolute Gasteiger partial charge is 0.240 e. The van der Waals surface area contributed by atoms with E-state index in [1.165, 1.54) is 11.9 Å². The van der Waals surface area contributed by atoms with E-state index in [4.69, 9.17) is 14.2 Å². The molecule has 0 radical (unpaired) electrons. The van der Waals surface area contributed by atoms with Gasteiger partial charge in [0.15, 0.2) is 11.5 Å². The number of hydrogen-bond donors (Lipinski definition) is 0. The van der Waals surface area contributed by atoms with E-state index in [9.17, 15) is 4.79 Å². The van der Waals surface area contributed by atoms with Crippen molar-refractivity contribution in [3.63, 3.8) is 0 Å². The Labute approximate surface area is 166 Å². The van der Waals surface area contributed by atoms with E-state index < -0.39 is 0 Å². The van der Waals surface area contributed by atoms with Gasteiger partial charge in [-0.25, -0.2) is 5.01 Å². The fourth-order valence-corrected chi connectivity index (χ4v) is 3.77. The number of amides is 1. The zero-order valence-corrected chi connectivity index (χ0v) is 17.2. The van der Waals surface area contributed by atoms with Crippen LogP contribution in [0.1, 0.15) is 30.5 Å². The topological polar surface area (TPSA) is 60.4 Å². The minimum Gasteiger partial charge on any atom is -0.497 e. The highest BCUT2D eigenvalue weighted by molar-refractivity contribution is 9.10. The lowest BCUT2D eigenvalue weighted by molar-refractivity contribution is -0.130. The molecule has 1 aliphatic heterocycles. The number of methoxy groups -OCH3 is 3. The van der Waals surface area contributed by atoms with E-state index in [1.54, 1.807) is 21.3 Å². The molecule has 0 aromatic heterocycles. The number of benzene rings is 2. The molecule has 0 aliphatic carbocycles. The van der Waals surface area contributed by atoms with E-state index >= 15 is 0 Å². The normalized spacial score (nSPS) is 16.1. The van der Waals surface area contributed by atoms with Crippen LogP contribution in [0.3, 0.4) is 0 Å². The van der Waals surface area contributed by atoms with Gasteiger partial charge in [0, 0.05) is 13.3 Å². The Morgan fingerprint density at radius 2 is 1.81 bits per heavy atom. The highest BCUT2D eigenvalue weighted by Crippen LogP contribution is 2.41. The van der Waals surface area contributed by atoms with Gasteiger partial charge in [-0.2, -0.15) is 5.10 Å². The van der Waals surface area contributed by atoms with Crippen LogP contribution in [0.25, 0.3) is 0 Å². The lowest BCUT2D eigenvalue weighted by atomic mass is 9.98. The summed E-state index contributed by atoms with van der Waals surface area (Å²) in [5, 5.41) is 6.09. The van der Waals surface area contributed by atoms with E-state index in [2.05, 4.69) is 21.0 Å². The predicted molar refractivity (Wildman–Crippen MR) is 107 cm³/mol. The lowest BCUT2D eigenvalue weighted by Gasteiger charge is -2.22. The van der Waals surface area contributed by atoms with Gasteiger partial charge in [0.2, 0.25) is 5.91 Å². The second-order valence-corrected chi connectivity index (χ2v) is 6.95. The zero-order chi connectivity index (χ0) is 19.6. The third kappa shape index (κ3) is 3.78. The summed E-state index contributed by atoms with van der Waals surface area (Å²) in [5.41, 5.74) is 2.73. The van der Waals surface area contributed by atoms with Gasteiger partial charge >= 0.3 is 0 Å². The summed E-state index contributed by atoms with van der Waals surface area (Å²) in [6.07, 6.45) is 0.605. The summed E-state index contributed by atoms with van der Waals surface area (Å²) >= 11 is 3.52. The van der Waals surface area contributed by atoms with Crippen molar-refractivity contribution in [2.75, 3.05) is 21.3 Å². The standard InChI is InChI=1S/C20H21BrN2O4/c1-12(24)23-18(14-9-16(21)20(27-4)19(10-14)26-3)11-17(22-23)13-5-7-15(25-2)8-6-13/h5-10,18H,11H2,1-4H3. The van der Waals surface area contributed by atoms with Crippen molar-refractivity contribution in [3.8, 4) is 17.2 Å². The zero-order valence-electron chi connectivity index (χ0n) is 15.7.